The van der Waals surface area contributed by atoms with Gasteiger partial charge in [0.15, 0.2) is 0 Å². The van der Waals surface area contributed by atoms with Crippen molar-refractivity contribution in [1.82, 2.24) is 25.3 Å². The van der Waals surface area contributed by atoms with E-state index in [9.17, 15) is 14.4 Å². The monoisotopic (exact) mass is 457 g/mol. The summed E-state index contributed by atoms with van der Waals surface area (Å²) in [5.41, 5.74) is 1.90. The number of nitrogens with one attached hydrogen (secondary N) is 2. The first kappa shape index (κ1) is 24.6. The van der Waals surface area contributed by atoms with Gasteiger partial charge in [-0.05, 0) is 25.8 Å². The van der Waals surface area contributed by atoms with Gasteiger partial charge in [0.05, 0.1) is 18.2 Å². The molecule has 0 bridgehead atoms. The lowest BCUT2D eigenvalue weighted by Gasteiger charge is -2.42. The zero-order chi connectivity index (χ0) is 24.0. The van der Waals surface area contributed by atoms with E-state index in [-0.39, 0.29) is 24.7 Å². The van der Waals surface area contributed by atoms with Gasteiger partial charge >= 0.3 is 18.0 Å². The Morgan fingerprint density at radius 2 is 1.91 bits per heavy atom. The van der Waals surface area contributed by atoms with Crippen molar-refractivity contribution >= 4 is 18.0 Å². The lowest BCUT2D eigenvalue weighted by atomic mass is 9.94. The number of rotatable bonds is 7. The predicted octanol–water partition coefficient (Wildman–Crippen LogP) is 2.33. The first-order valence-electron chi connectivity index (χ1n) is 11.6. The van der Waals surface area contributed by atoms with Crippen LogP contribution in [0.15, 0.2) is 41.6 Å². The van der Waals surface area contributed by atoms with Crippen LogP contribution in [0.3, 0.4) is 0 Å². The number of amides is 4. The maximum absolute atomic E-state index is 13.1. The highest BCUT2D eigenvalue weighted by atomic mass is 16.5. The highest BCUT2D eigenvalue weighted by molar-refractivity contribution is 5.95. The molecular weight excluding hydrogens is 422 g/mol. The van der Waals surface area contributed by atoms with Gasteiger partial charge in [-0.1, -0.05) is 37.3 Å². The summed E-state index contributed by atoms with van der Waals surface area (Å²) < 4.78 is 5.39. The van der Waals surface area contributed by atoms with Crippen LogP contribution in [0, 0.1) is 0 Å². The van der Waals surface area contributed by atoms with Gasteiger partial charge in [0.1, 0.15) is 0 Å². The van der Waals surface area contributed by atoms with E-state index in [0.29, 0.717) is 44.0 Å². The predicted molar refractivity (Wildman–Crippen MR) is 125 cm³/mol. The van der Waals surface area contributed by atoms with Gasteiger partial charge in [0, 0.05) is 51.5 Å². The minimum atomic E-state index is -0.581. The first-order chi connectivity index (χ1) is 15.9. The normalized spacial score (nSPS) is 21.6. The van der Waals surface area contributed by atoms with E-state index in [1.165, 1.54) is 4.90 Å². The van der Waals surface area contributed by atoms with Crippen LogP contribution in [-0.4, -0.2) is 85.2 Å². The molecule has 0 spiro atoms. The van der Waals surface area contributed by atoms with E-state index in [4.69, 9.17) is 4.74 Å². The Morgan fingerprint density at radius 1 is 1.18 bits per heavy atom. The fraction of sp³-hybridized carbons (Fsp3) is 0.542. The number of piperazine rings is 1. The van der Waals surface area contributed by atoms with E-state index < -0.39 is 12.0 Å². The fourth-order valence-corrected chi connectivity index (χ4v) is 4.32. The molecule has 9 nitrogen and oxygen atoms in total. The number of benzene rings is 1. The Bertz CT molecular complexity index is 888. The van der Waals surface area contributed by atoms with Crippen LogP contribution in [0.5, 0.6) is 0 Å². The van der Waals surface area contributed by atoms with E-state index in [1.807, 2.05) is 49.1 Å². The van der Waals surface area contributed by atoms with Gasteiger partial charge in [-0.15, -0.1) is 0 Å². The number of hydrogen-bond acceptors (Lipinski definition) is 5. The molecule has 2 atom stereocenters. The van der Waals surface area contributed by atoms with Gasteiger partial charge in [0.2, 0.25) is 0 Å². The minimum absolute atomic E-state index is 0.00916. The molecule has 2 heterocycles. The van der Waals surface area contributed by atoms with E-state index in [1.54, 1.807) is 14.0 Å². The third-order valence-electron chi connectivity index (χ3n) is 6.08. The Labute approximate surface area is 195 Å². The molecule has 0 unspecified atom stereocenters. The highest BCUT2D eigenvalue weighted by Gasteiger charge is 2.38. The Hall–Kier alpha value is -3.07. The quantitative estimate of drug-likeness (QED) is 0.613. The molecule has 2 N–H and O–H groups in total. The summed E-state index contributed by atoms with van der Waals surface area (Å²) in [4.78, 5) is 43.8. The molecule has 2 aliphatic rings. The van der Waals surface area contributed by atoms with Crippen molar-refractivity contribution in [2.75, 3.05) is 46.4 Å². The third-order valence-corrected chi connectivity index (χ3v) is 6.08. The van der Waals surface area contributed by atoms with Crippen molar-refractivity contribution in [3.63, 3.8) is 0 Å². The van der Waals surface area contributed by atoms with Gasteiger partial charge in [-0.2, -0.15) is 0 Å². The molecule has 0 aliphatic carbocycles. The van der Waals surface area contributed by atoms with Crippen LogP contribution < -0.4 is 10.6 Å². The van der Waals surface area contributed by atoms with E-state index in [2.05, 4.69) is 15.5 Å². The summed E-state index contributed by atoms with van der Waals surface area (Å²) in [5, 5.41) is 5.88. The molecule has 3 rings (SSSR count). The Morgan fingerprint density at radius 3 is 2.55 bits per heavy atom. The number of carbonyl (C=O) groups excluding carboxylic acids is 3. The molecule has 180 valence electrons. The average Bonchev–Trinajstić information content (AvgIpc) is 2.81. The fourth-order valence-electron chi connectivity index (χ4n) is 4.32. The molecule has 33 heavy (non-hydrogen) atoms. The molecule has 1 saturated heterocycles. The number of nitrogens with zero attached hydrogens (tertiary/aromatic N) is 3. The van der Waals surface area contributed by atoms with Gasteiger partial charge in [0.25, 0.3) is 0 Å². The SMILES string of the molecule is CCCNC(=O)N1CCN(CC2=C(C(=O)OCC)[C@H](c3ccccc3)NC(=O)N2C)C[C@@H]1C. The summed E-state index contributed by atoms with van der Waals surface area (Å²) >= 11 is 0. The Kier molecular flexibility index (Phi) is 8.32. The van der Waals surface area contributed by atoms with Crippen molar-refractivity contribution in [3.05, 3.63) is 47.2 Å². The maximum Gasteiger partial charge on any atom is 0.338 e. The van der Waals surface area contributed by atoms with Crippen LogP contribution in [0.4, 0.5) is 9.59 Å². The molecule has 0 saturated carbocycles. The number of hydrogen-bond donors (Lipinski definition) is 2. The second-order valence-corrected chi connectivity index (χ2v) is 8.44. The summed E-state index contributed by atoms with van der Waals surface area (Å²) in [7, 11) is 1.67. The second-order valence-electron chi connectivity index (χ2n) is 8.44. The standard InChI is InChI=1S/C24H35N5O4/c1-5-12-25-23(31)29-14-13-28(15-17(29)3)16-19-20(22(30)33-6-2)21(26-24(32)27(19)4)18-10-8-7-9-11-18/h7-11,17,21H,5-6,12-16H2,1-4H3,(H,25,31)(H,26,32)/t17-,21-/m0/s1. The Balaban J connectivity index is 1.86. The molecule has 2 aliphatic heterocycles. The molecule has 4 amide bonds. The summed E-state index contributed by atoms with van der Waals surface area (Å²) in [5.74, 6) is -0.432. The van der Waals surface area contributed by atoms with Crippen molar-refractivity contribution in [2.24, 2.45) is 0 Å². The summed E-state index contributed by atoms with van der Waals surface area (Å²) in [6.45, 7) is 9.00. The largest absolute Gasteiger partial charge is 0.463 e. The van der Waals surface area contributed by atoms with Gasteiger partial charge in [-0.3, -0.25) is 9.80 Å². The third kappa shape index (κ3) is 5.65. The summed E-state index contributed by atoms with van der Waals surface area (Å²) in [6.07, 6.45) is 0.891. The molecule has 9 heteroatoms. The zero-order valence-corrected chi connectivity index (χ0v) is 20.0. The van der Waals surface area contributed by atoms with E-state index >= 15 is 0 Å². The second kappa shape index (κ2) is 11.2. The van der Waals surface area contributed by atoms with E-state index in [0.717, 1.165) is 12.0 Å². The maximum atomic E-state index is 13.1. The number of carbonyl (C=O) groups is 3. The van der Waals surface area contributed by atoms with Gasteiger partial charge < -0.3 is 20.3 Å². The van der Waals surface area contributed by atoms with Crippen LogP contribution in [-0.2, 0) is 9.53 Å². The highest BCUT2D eigenvalue weighted by Crippen LogP contribution is 2.31. The number of likely N-dealkylation sites (N-methyl/N-ethyl adjacent to an activating group) is 1. The average molecular weight is 458 g/mol. The van der Waals surface area contributed by atoms with Crippen LogP contribution in [0.2, 0.25) is 0 Å². The topological polar surface area (TPSA) is 94.2 Å². The first-order valence-corrected chi connectivity index (χ1v) is 11.6. The summed E-state index contributed by atoms with van der Waals surface area (Å²) in [6, 6.07) is 8.56. The molecule has 1 fully saturated rings. The van der Waals surface area contributed by atoms with Crippen molar-refractivity contribution in [1.29, 1.82) is 0 Å². The molecule has 0 aromatic heterocycles. The molecule has 1 aromatic rings. The van der Waals surface area contributed by atoms with Crippen LogP contribution in [0.1, 0.15) is 38.8 Å². The minimum Gasteiger partial charge on any atom is -0.463 e. The lowest BCUT2D eigenvalue weighted by molar-refractivity contribution is -0.139. The van der Waals surface area contributed by atoms with Crippen LogP contribution >= 0.6 is 0 Å². The molecule has 0 radical (unpaired) electrons. The number of esters is 1. The number of ether oxygens (including phenoxy) is 1. The lowest BCUT2D eigenvalue weighted by Crippen LogP contribution is -2.58. The van der Waals surface area contributed by atoms with Crippen molar-refractivity contribution in [3.8, 4) is 0 Å². The van der Waals surface area contributed by atoms with Crippen molar-refractivity contribution < 1.29 is 19.1 Å². The molecule has 1 aromatic carbocycles. The molecular formula is C24H35N5O4. The van der Waals surface area contributed by atoms with Gasteiger partial charge in [-0.25, -0.2) is 14.4 Å². The number of urea groups is 2. The zero-order valence-electron chi connectivity index (χ0n) is 20.0. The van der Waals surface area contributed by atoms with Crippen molar-refractivity contribution in [2.45, 2.75) is 39.3 Å². The smallest absolute Gasteiger partial charge is 0.338 e. The van der Waals surface area contributed by atoms with Crippen LogP contribution in [0.25, 0.3) is 0 Å².